The van der Waals surface area contributed by atoms with Crippen LogP contribution in [0, 0.1) is 0 Å². The molecular formula is C29H29ClN4O4. The SMILES string of the molecule is COC(=O)c1ccc2c(c1)NC(=O)/C2=C(\Nc1ccc2c(c1)CCN2C(=O)CN(C)C)c1ccccc1.Cl. The van der Waals surface area contributed by atoms with Crippen LogP contribution in [0.2, 0.25) is 0 Å². The first-order valence-electron chi connectivity index (χ1n) is 12.0. The number of likely N-dealkylation sites (N-methyl/N-ethyl adjacent to an activating group) is 1. The van der Waals surface area contributed by atoms with E-state index in [1.54, 1.807) is 18.2 Å². The van der Waals surface area contributed by atoms with Gasteiger partial charge in [-0.15, -0.1) is 12.4 Å². The van der Waals surface area contributed by atoms with Crippen LogP contribution in [0.15, 0.2) is 66.7 Å². The van der Waals surface area contributed by atoms with E-state index in [0.717, 1.165) is 28.9 Å². The van der Waals surface area contributed by atoms with Crippen LogP contribution in [0.3, 0.4) is 0 Å². The highest BCUT2D eigenvalue weighted by Gasteiger charge is 2.30. The van der Waals surface area contributed by atoms with Gasteiger partial charge in [-0.1, -0.05) is 36.4 Å². The number of carbonyl (C=O) groups is 3. The van der Waals surface area contributed by atoms with Crippen LogP contribution < -0.4 is 15.5 Å². The van der Waals surface area contributed by atoms with Gasteiger partial charge in [-0.25, -0.2) is 4.79 Å². The number of hydrogen-bond donors (Lipinski definition) is 2. The minimum atomic E-state index is -0.466. The molecule has 2 heterocycles. The zero-order valence-electron chi connectivity index (χ0n) is 21.4. The van der Waals surface area contributed by atoms with Crippen LogP contribution in [0.4, 0.5) is 17.1 Å². The quantitative estimate of drug-likeness (QED) is 0.364. The van der Waals surface area contributed by atoms with E-state index >= 15 is 0 Å². The number of fused-ring (bicyclic) bond motifs is 2. The van der Waals surface area contributed by atoms with Crippen molar-refractivity contribution < 1.29 is 19.1 Å². The van der Waals surface area contributed by atoms with E-state index < -0.39 is 5.97 Å². The van der Waals surface area contributed by atoms with Gasteiger partial charge in [-0.2, -0.15) is 0 Å². The minimum Gasteiger partial charge on any atom is -0.465 e. The Kier molecular flexibility index (Phi) is 7.85. The van der Waals surface area contributed by atoms with Crippen LogP contribution in [-0.2, 0) is 20.7 Å². The molecule has 8 nitrogen and oxygen atoms in total. The maximum absolute atomic E-state index is 13.2. The summed E-state index contributed by atoms with van der Waals surface area (Å²) in [5.74, 6) is -0.653. The molecule has 0 saturated carbocycles. The predicted molar refractivity (Wildman–Crippen MR) is 152 cm³/mol. The highest BCUT2D eigenvalue weighted by atomic mass is 35.5. The van der Waals surface area contributed by atoms with E-state index in [0.29, 0.717) is 41.2 Å². The molecule has 0 aliphatic carbocycles. The summed E-state index contributed by atoms with van der Waals surface area (Å²) in [5, 5.41) is 6.36. The Morgan fingerprint density at radius 1 is 1.03 bits per heavy atom. The van der Waals surface area contributed by atoms with E-state index in [2.05, 4.69) is 10.6 Å². The molecular weight excluding hydrogens is 504 g/mol. The number of amides is 2. The smallest absolute Gasteiger partial charge is 0.337 e. The van der Waals surface area contributed by atoms with Gasteiger partial charge in [-0.05, 0) is 62.0 Å². The molecule has 0 saturated heterocycles. The van der Waals surface area contributed by atoms with Gasteiger partial charge in [0.25, 0.3) is 5.91 Å². The molecule has 196 valence electrons. The lowest BCUT2D eigenvalue weighted by Gasteiger charge is -2.20. The number of rotatable bonds is 6. The first-order valence-corrected chi connectivity index (χ1v) is 12.0. The van der Waals surface area contributed by atoms with E-state index in [4.69, 9.17) is 4.74 Å². The Labute approximate surface area is 227 Å². The number of methoxy groups -OCH3 is 1. The summed E-state index contributed by atoms with van der Waals surface area (Å²) < 4.78 is 4.82. The average Bonchev–Trinajstić information content (AvgIpc) is 3.46. The van der Waals surface area contributed by atoms with Crippen molar-refractivity contribution in [3.05, 3.63) is 89.0 Å². The standard InChI is InChI=1S/C29H28N4O4.ClH/c1-32(2)17-25(34)33-14-13-19-15-21(10-12-24(19)33)30-27(18-7-5-4-6-8-18)26-22-11-9-20(29(36)37-3)16-23(22)31-28(26)35;/h4-12,15-16,30H,13-14,17H2,1-3H3,(H,31,35);1H/b27-26-;. The van der Waals surface area contributed by atoms with Crippen molar-refractivity contribution >= 4 is 58.5 Å². The summed E-state index contributed by atoms with van der Waals surface area (Å²) in [6.45, 7) is 1.01. The van der Waals surface area contributed by atoms with Crippen molar-refractivity contribution in [2.24, 2.45) is 0 Å². The molecule has 0 unspecified atom stereocenters. The van der Waals surface area contributed by atoms with E-state index in [9.17, 15) is 14.4 Å². The fraction of sp³-hybridized carbons (Fsp3) is 0.207. The molecule has 2 aliphatic rings. The molecule has 0 atom stereocenters. The molecule has 0 fully saturated rings. The second kappa shape index (κ2) is 11.1. The first-order chi connectivity index (χ1) is 17.9. The summed E-state index contributed by atoms with van der Waals surface area (Å²) in [7, 11) is 5.09. The maximum Gasteiger partial charge on any atom is 0.337 e. The molecule has 2 N–H and O–H groups in total. The van der Waals surface area contributed by atoms with Crippen molar-refractivity contribution in [2.45, 2.75) is 6.42 Å². The summed E-state index contributed by atoms with van der Waals surface area (Å²) in [4.78, 5) is 41.6. The zero-order chi connectivity index (χ0) is 26.1. The first kappa shape index (κ1) is 26.9. The highest BCUT2D eigenvalue weighted by Crippen LogP contribution is 2.39. The van der Waals surface area contributed by atoms with Gasteiger partial charge in [-0.3, -0.25) is 9.59 Å². The summed E-state index contributed by atoms with van der Waals surface area (Å²) in [5.41, 5.74) is 6.43. The van der Waals surface area contributed by atoms with Crippen LogP contribution >= 0.6 is 12.4 Å². The highest BCUT2D eigenvalue weighted by molar-refractivity contribution is 6.37. The second-order valence-electron chi connectivity index (χ2n) is 9.32. The molecule has 0 bridgehead atoms. The molecule has 5 rings (SSSR count). The maximum atomic E-state index is 13.2. The van der Waals surface area contributed by atoms with Crippen molar-refractivity contribution in [3.63, 3.8) is 0 Å². The van der Waals surface area contributed by atoms with Gasteiger partial charge >= 0.3 is 5.97 Å². The number of halogens is 1. The Morgan fingerprint density at radius 3 is 2.50 bits per heavy atom. The fourth-order valence-corrected chi connectivity index (χ4v) is 4.79. The van der Waals surface area contributed by atoms with Gasteiger partial charge < -0.3 is 25.2 Å². The number of nitrogens with one attached hydrogen (secondary N) is 2. The fourth-order valence-electron chi connectivity index (χ4n) is 4.79. The molecule has 3 aromatic rings. The van der Waals surface area contributed by atoms with E-state index in [1.165, 1.54) is 7.11 Å². The predicted octanol–water partition coefficient (Wildman–Crippen LogP) is 4.28. The third-order valence-corrected chi connectivity index (χ3v) is 6.49. The van der Waals surface area contributed by atoms with Crippen LogP contribution in [-0.4, -0.2) is 57.0 Å². The topological polar surface area (TPSA) is 91.0 Å². The van der Waals surface area contributed by atoms with Crippen molar-refractivity contribution in [1.82, 2.24) is 4.90 Å². The molecule has 0 radical (unpaired) electrons. The van der Waals surface area contributed by atoms with Gasteiger partial charge in [0.1, 0.15) is 0 Å². The monoisotopic (exact) mass is 532 g/mol. The van der Waals surface area contributed by atoms with Crippen LogP contribution in [0.1, 0.15) is 27.0 Å². The van der Waals surface area contributed by atoms with E-state index in [1.807, 2.05) is 72.4 Å². The number of esters is 1. The molecule has 38 heavy (non-hydrogen) atoms. The minimum absolute atomic E-state index is 0. The van der Waals surface area contributed by atoms with Crippen molar-refractivity contribution in [3.8, 4) is 0 Å². The van der Waals surface area contributed by atoms with Gasteiger partial charge in [0.2, 0.25) is 5.91 Å². The molecule has 2 aliphatic heterocycles. The second-order valence-corrected chi connectivity index (χ2v) is 9.32. The van der Waals surface area contributed by atoms with Crippen LogP contribution in [0.25, 0.3) is 11.3 Å². The molecule has 3 aromatic carbocycles. The lowest BCUT2D eigenvalue weighted by molar-refractivity contribution is -0.119. The van der Waals surface area contributed by atoms with Gasteiger partial charge in [0.15, 0.2) is 0 Å². The number of anilines is 3. The zero-order valence-corrected chi connectivity index (χ0v) is 22.2. The Morgan fingerprint density at radius 2 is 1.79 bits per heavy atom. The van der Waals surface area contributed by atoms with E-state index in [-0.39, 0.29) is 24.2 Å². The summed E-state index contributed by atoms with van der Waals surface area (Å²) >= 11 is 0. The third kappa shape index (κ3) is 5.14. The average molecular weight is 533 g/mol. The number of ether oxygens (including phenoxy) is 1. The van der Waals surface area contributed by atoms with Crippen molar-refractivity contribution in [2.75, 3.05) is 49.8 Å². The number of nitrogens with zero attached hydrogens (tertiary/aromatic N) is 2. The number of benzene rings is 3. The normalized spacial score (nSPS) is 14.8. The Balaban J connectivity index is 0.00000336. The van der Waals surface area contributed by atoms with Crippen LogP contribution in [0.5, 0.6) is 0 Å². The largest absolute Gasteiger partial charge is 0.465 e. The molecule has 9 heteroatoms. The Bertz CT molecular complexity index is 1440. The lowest BCUT2D eigenvalue weighted by Crippen LogP contribution is -2.36. The van der Waals surface area contributed by atoms with Crippen molar-refractivity contribution in [1.29, 1.82) is 0 Å². The van der Waals surface area contributed by atoms with Gasteiger partial charge in [0, 0.05) is 23.5 Å². The number of carbonyl (C=O) groups excluding carboxylic acids is 3. The number of hydrogen-bond acceptors (Lipinski definition) is 6. The van der Waals surface area contributed by atoms with Gasteiger partial charge in [0.05, 0.1) is 36.2 Å². The summed E-state index contributed by atoms with van der Waals surface area (Å²) in [6, 6.07) is 20.6. The lowest BCUT2D eigenvalue weighted by atomic mass is 9.99. The Hall–Kier alpha value is -4.14. The third-order valence-electron chi connectivity index (χ3n) is 6.49. The molecule has 0 aromatic heterocycles. The summed E-state index contributed by atoms with van der Waals surface area (Å²) in [6.07, 6.45) is 0.765. The molecule has 2 amide bonds. The molecule has 0 spiro atoms.